The van der Waals surface area contributed by atoms with Crippen LogP contribution in [0.25, 0.3) is 0 Å². The summed E-state index contributed by atoms with van der Waals surface area (Å²) < 4.78 is 0. The molecule has 1 aliphatic rings. The number of nitrogens with zero attached hydrogens (tertiary/aromatic N) is 2. The second kappa shape index (κ2) is 6.69. The summed E-state index contributed by atoms with van der Waals surface area (Å²) in [6, 6.07) is 11.5. The minimum Gasteiger partial charge on any atom is -0.367 e. The molecule has 0 bridgehead atoms. The highest BCUT2D eigenvalue weighted by molar-refractivity contribution is 5.79. The maximum atomic E-state index is 12.4. The second-order valence-electron chi connectivity index (χ2n) is 5.94. The molecule has 3 rings (SSSR count). The molecule has 2 heterocycles. The van der Waals surface area contributed by atoms with Gasteiger partial charge in [-0.05, 0) is 18.6 Å². The number of aromatic nitrogens is 1. The Morgan fingerprint density at radius 1 is 1.13 bits per heavy atom. The maximum absolute atomic E-state index is 12.4. The van der Waals surface area contributed by atoms with E-state index >= 15 is 0 Å². The van der Waals surface area contributed by atoms with Crippen LogP contribution in [0, 0.1) is 6.92 Å². The Morgan fingerprint density at radius 2 is 1.91 bits per heavy atom. The molecule has 0 atom stereocenters. The molecule has 23 heavy (non-hydrogen) atoms. The summed E-state index contributed by atoms with van der Waals surface area (Å²) in [7, 11) is 0. The predicted octanol–water partition coefficient (Wildman–Crippen LogP) is 1.57. The molecule has 120 valence electrons. The number of pyridine rings is 1. The Bertz CT molecular complexity index is 725. The van der Waals surface area contributed by atoms with E-state index in [9.17, 15) is 9.59 Å². The first-order valence-corrected chi connectivity index (χ1v) is 7.89. The molecule has 0 unspecified atom stereocenters. The summed E-state index contributed by atoms with van der Waals surface area (Å²) in [5, 5.41) is 0. The van der Waals surface area contributed by atoms with Gasteiger partial charge >= 0.3 is 0 Å². The average Bonchev–Trinajstić information content (AvgIpc) is 2.56. The van der Waals surface area contributed by atoms with Crippen LogP contribution in [0.15, 0.2) is 47.4 Å². The molecule has 1 N–H and O–H groups in total. The van der Waals surface area contributed by atoms with Gasteiger partial charge in [-0.1, -0.05) is 29.8 Å². The quantitative estimate of drug-likeness (QED) is 0.936. The number of hydrogen-bond donors (Lipinski definition) is 1. The topological polar surface area (TPSA) is 56.4 Å². The van der Waals surface area contributed by atoms with Crippen molar-refractivity contribution in [1.82, 2.24) is 9.88 Å². The highest BCUT2D eigenvalue weighted by Crippen LogP contribution is 2.14. The van der Waals surface area contributed by atoms with Gasteiger partial charge in [0.2, 0.25) is 11.5 Å². The van der Waals surface area contributed by atoms with E-state index in [1.54, 1.807) is 6.20 Å². The molecule has 5 nitrogen and oxygen atoms in total. The van der Waals surface area contributed by atoms with Crippen molar-refractivity contribution in [3.8, 4) is 0 Å². The SMILES string of the molecule is Cc1cccc(CC(=O)N2CCN(c3ccc(=O)[nH]c3)CC2)c1. The highest BCUT2D eigenvalue weighted by atomic mass is 16.2. The number of hydrogen-bond acceptors (Lipinski definition) is 3. The van der Waals surface area contributed by atoms with Crippen molar-refractivity contribution >= 4 is 11.6 Å². The van der Waals surface area contributed by atoms with Gasteiger partial charge in [0.15, 0.2) is 0 Å². The summed E-state index contributed by atoms with van der Waals surface area (Å²) in [4.78, 5) is 30.3. The molecule has 5 heteroatoms. The highest BCUT2D eigenvalue weighted by Gasteiger charge is 2.21. The number of aromatic amines is 1. The molecule has 1 saturated heterocycles. The molecule has 0 radical (unpaired) electrons. The van der Waals surface area contributed by atoms with Gasteiger partial charge in [-0.15, -0.1) is 0 Å². The van der Waals surface area contributed by atoms with Crippen molar-refractivity contribution in [1.29, 1.82) is 0 Å². The molecule has 0 saturated carbocycles. The number of H-pyrrole nitrogens is 1. The number of piperazine rings is 1. The van der Waals surface area contributed by atoms with Crippen LogP contribution in [0.1, 0.15) is 11.1 Å². The molecule has 1 amide bonds. The molecule has 1 aromatic carbocycles. The van der Waals surface area contributed by atoms with Gasteiger partial charge in [-0.25, -0.2) is 0 Å². The fourth-order valence-electron chi connectivity index (χ4n) is 2.92. The maximum Gasteiger partial charge on any atom is 0.248 e. The minimum absolute atomic E-state index is 0.0966. The molecule has 0 aliphatic carbocycles. The van der Waals surface area contributed by atoms with Gasteiger partial charge in [0.1, 0.15) is 0 Å². The van der Waals surface area contributed by atoms with Crippen LogP contribution in [0.5, 0.6) is 0 Å². The van der Waals surface area contributed by atoms with E-state index in [4.69, 9.17) is 0 Å². The summed E-state index contributed by atoms with van der Waals surface area (Å²) >= 11 is 0. The molecule has 1 aromatic heterocycles. The third-order valence-corrected chi connectivity index (χ3v) is 4.20. The molecular weight excluding hydrogens is 290 g/mol. The zero-order chi connectivity index (χ0) is 16.2. The van der Waals surface area contributed by atoms with E-state index in [1.165, 1.54) is 11.6 Å². The lowest BCUT2D eigenvalue weighted by Gasteiger charge is -2.36. The summed E-state index contributed by atoms with van der Waals surface area (Å²) in [6.45, 7) is 5.03. The monoisotopic (exact) mass is 311 g/mol. The van der Waals surface area contributed by atoms with Gasteiger partial charge in [0, 0.05) is 38.4 Å². The number of nitrogens with one attached hydrogen (secondary N) is 1. The van der Waals surface area contributed by atoms with Crippen molar-refractivity contribution in [2.45, 2.75) is 13.3 Å². The van der Waals surface area contributed by atoms with Crippen LogP contribution >= 0.6 is 0 Å². The largest absolute Gasteiger partial charge is 0.367 e. The number of carbonyl (C=O) groups excluding carboxylic acids is 1. The van der Waals surface area contributed by atoms with Crippen LogP contribution in [0.2, 0.25) is 0 Å². The fourth-order valence-corrected chi connectivity index (χ4v) is 2.92. The number of aryl methyl sites for hydroxylation is 1. The summed E-state index contributed by atoms with van der Waals surface area (Å²) in [6.07, 6.45) is 2.19. The number of amides is 1. The third-order valence-electron chi connectivity index (χ3n) is 4.20. The zero-order valence-electron chi connectivity index (χ0n) is 13.3. The lowest BCUT2D eigenvalue weighted by atomic mass is 10.1. The summed E-state index contributed by atoms with van der Waals surface area (Å²) in [5.41, 5.74) is 3.15. The van der Waals surface area contributed by atoms with Crippen LogP contribution in [-0.4, -0.2) is 42.0 Å². The number of benzene rings is 1. The van der Waals surface area contributed by atoms with E-state index in [2.05, 4.69) is 16.0 Å². The number of anilines is 1. The average molecular weight is 311 g/mol. The molecule has 2 aromatic rings. The lowest BCUT2D eigenvalue weighted by Crippen LogP contribution is -2.49. The molecule has 0 spiro atoms. The van der Waals surface area contributed by atoms with E-state index in [-0.39, 0.29) is 11.5 Å². The molecule has 1 fully saturated rings. The third kappa shape index (κ3) is 3.80. The van der Waals surface area contributed by atoms with E-state index in [0.717, 1.165) is 24.3 Å². The Labute approximate surface area is 135 Å². The van der Waals surface area contributed by atoms with Crippen molar-refractivity contribution in [2.75, 3.05) is 31.1 Å². The minimum atomic E-state index is -0.0966. The van der Waals surface area contributed by atoms with Gasteiger partial charge in [-0.2, -0.15) is 0 Å². The molecule has 1 aliphatic heterocycles. The Kier molecular flexibility index (Phi) is 4.46. The fraction of sp³-hybridized carbons (Fsp3) is 0.333. The Morgan fingerprint density at radius 3 is 2.57 bits per heavy atom. The van der Waals surface area contributed by atoms with Gasteiger partial charge in [-0.3, -0.25) is 9.59 Å². The number of rotatable bonds is 3. The Balaban J connectivity index is 1.57. The molecular formula is C18H21N3O2. The first kappa shape index (κ1) is 15.3. The van der Waals surface area contributed by atoms with Gasteiger partial charge in [0.05, 0.1) is 12.1 Å². The van der Waals surface area contributed by atoms with Crippen LogP contribution < -0.4 is 10.5 Å². The van der Waals surface area contributed by atoms with E-state index < -0.39 is 0 Å². The Hall–Kier alpha value is -2.56. The van der Waals surface area contributed by atoms with E-state index in [1.807, 2.05) is 36.1 Å². The van der Waals surface area contributed by atoms with Gasteiger partial charge < -0.3 is 14.8 Å². The standard InChI is InChI=1S/C18H21N3O2/c1-14-3-2-4-15(11-14)12-18(23)21-9-7-20(8-10-21)16-5-6-17(22)19-13-16/h2-6,11,13H,7-10,12H2,1H3,(H,19,22). The van der Waals surface area contributed by atoms with Crippen molar-refractivity contribution in [2.24, 2.45) is 0 Å². The normalized spacial score (nSPS) is 14.8. The first-order chi connectivity index (χ1) is 11.1. The van der Waals surface area contributed by atoms with Crippen molar-refractivity contribution in [3.05, 3.63) is 64.1 Å². The lowest BCUT2D eigenvalue weighted by molar-refractivity contribution is -0.130. The second-order valence-corrected chi connectivity index (χ2v) is 5.94. The van der Waals surface area contributed by atoms with Crippen molar-refractivity contribution < 1.29 is 4.79 Å². The smallest absolute Gasteiger partial charge is 0.248 e. The van der Waals surface area contributed by atoms with Crippen LogP contribution in [0.4, 0.5) is 5.69 Å². The van der Waals surface area contributed by atoms with Crippen molar-refractivity contribution in [3.63, 3.8) is 0 Å². The number of carbonyl (C=O) groups is 1. The van der Waals surface area contributed by atoms with Crippen LogP contribution in [-0.2, 0) is 11.2 Å². The van der Waals surface area contributed by atoms with Gasteiger partial charge in [0.25, 0.3) is 0 Å². The van der Waals surface area contributed by atoms with Crippen LogP contribution in [0.3, 0.4) is 0 Å². The first-order valence-electron chi connectivity index (χ1n) is 7.89. The predicted molar refractivity (Wildman–Crippen MR) is 90.7 cm³/mol. The zero-order valence-corrected chi connectivity index (χ0v) is 13.3. The van der Waals surface area contributed by atoms with E-state index in [0.29, 0.717) is 19.5 Å². The summed E-state index contributed by atoms with van der Waals surface area (Å²) in [5.74, 6) is 0.178.